The van der Waals surface area contributed by atoms with Crippen LogP contribution in [0.1, 0.15) is 0 Å². The normalized spacial score (nSPS) is 4.50. The SMILES string of the molecule is [InH3].[OH][Sn][OH]. The van der Waals surface area contributed by atoms with E-state index in [2.05, 4.69) is 0 Å². The van der Waals surface area contributed by atoms with Crippen molar-refractivity contribution in [3.63, 3.8) is 0 Å². The molecule has 0 aromatic heterocycles. The Kier molecular flexibility index (Phi) is 20.1. The Morgan fingerprint density at radius 3 is 1.25 bits per heavy atom. The quantitative estimate of drug-likeness (QED) is 0.471. The molecule has 0 aromatic carbocycles. The first kappa shape index (κ1) is 9.14. The molecule has 0 rings (SSSR count). The minimum atomic E-state index is -1.77. The van der Waals surface area contributed by atoms with Crippen LogP contribution in [0.4, 0.5) is 0 Å². The van der Waals surface area contributed by atoms with Crippen LogP contribution in [0.2, 0.25) is 0 Å². The summed E-state index contributed by atoms with van der Waals surface area (Å²) in [5, 5.41) is 0. The van der Waals surface area contributed by atoms with Gasteiger partial charge in [-0.05, 0) is 0 Å². The van der Waals surface area contributed by atoms with Gasteiger partial charge in [0.2, 0.25) is 0 Å². The second-order valence-corrected chi connectivity index (χ2v) is 0.671. The third kappa shape index (κ3) is 9.53. The molecular weight excluding hydrogens is 266 g/mol. The summed E-state index contributed by atoms with van der Waals surface area (Å²) in [6.07, 6.45) is 0. The first-order chi connectivity index (χ1) is 1.41. The van der Waals surface area contributed by atoms with Crippen molar-refractivity contribution in [1.82, 2.24) is 0 Å². The van der Waals surface area contributed by atoms with Gasteiger partial charge < -0.3 is 0 Å². The van der Waals surface area contributed by atoms with E-state index in [9.17, 15) is 0 Å². The zero-order chi connectivity index (χ0) is 2.71. The molecular formula is H5InO2Sn. The van der Waals surface area contributed by atoms with E-state index < -0.39 is 22.0 Å². The van der Waals surface area contributed by atoms with E-state index >= 15 is 0 Å². The van der Waals surface area contributed by atoms with Crippen molar-refractivity contribution < 1.29 is 6.89 Å². The molecule has 0 unspecified atom stereocenters. The van der Waals surface area contributed by atoms with E-state index in [4.69, 9.17) is 6.89 Å². The molecule has 0 saturated carbocycles. The molecule has 4 heteroatoms. The van der Waals surface area contributed by atoms with Crippen LogP contribution in [0.25, 0.3) is 0 Å². The second-order valence-electron chi connectivity index (χ2n) is 0.100. The van der Waals surface area contributed by atoms with Crippen molar-refractivity contribution in [2.45, 2.75) is 0 Å². The molecule has 0 aliphatic heterocycles. The Hall–Kier alpha value is 1.59. The minimum absolute atomic E-state index is 0. The van der Waals surface area contributed by atoms with Gasteiger partial charge >= 0.3 is 54.7 Å². The Morgan fingerprint density at radius 2 is 1.25 bits per heavy atom. The molecule has 2 N–H and O–H groups in total. The first-order valence-electron chi connectivity index (χ1n) is 0.447. The summed E-state index contributed by atoms with van der Waals surface area (Å²) < 4.78 is 14.6. The van der Waals surface area contributed by atoms with Gasteiger partial charge in [-0.1, -0.05) is 0 Å². The third-order valence-corrected chi connectivity index (χ3v) is 0. The number of hydrogen-bond acceptors (Lipinski definition) is 2. The van der Waals surface area contributed by atoms with E-state index in [1.165, 1.54) is 0 Å². The molecule has 2 radical (unpaired) electrons. The molecule has 0 amide bonds. The molecule has 0 fully saturated rings. The van der Waals surface area contributed by atoms with Crippen LogP contribution in [-0.4, -0.2) is 54.7 Å². The summed E-state index contributed by atoms with van der Waals surface area (Å²) in [7, 11) is 0. The van der Waals surface area contributed by atoms with Crippen molar-refractivity contribution in [3.05, 3.63) is 0 Å². The molecule has 0 aromatic rings. The molecule has 24 valence electrons. The Morgan fingerprint density at radius 1 is 1.25 bits per heavy atom. The summed E-state index contributed by atoms with van der Waals surface area (Å²) in [5.74, 6) is 0. The van der Waals surface area contributed by atoms with Crippen molar-refractivity contribution >= 4 is 47.8 Å². The van der Waals surface area contributed by atoms with Gasteiger partial charge in [0.25, 0.3) is 0 Å². The maximum absolute atomic E-state index is 7.30. The molecule has 0 spiro atoms. The molecule has 0 aliphatic carbocycles. The molecule has 0 bridgehead atoms. The van der Waals surface area contributed by atoms with Gasteiger partial charge in [-0.2, -0.15) is 0 Å². The first-order valence-corrected chi connectivity index (χ1v) is 3.00. The Labute approximate surface area is 54.3 Å². The van der Waals surface area contributed by atoms with Gasteiger partial charge in [0, 0.05) is 0 Å². The third-order valence-electron chi connectivity index (χ3n) is 0. The van der Waals surface area contributed by atoms with Crippen LogP contribution in [0, 0.1) is 0 Å². The molecule has 0 aliphatic rings. The fourth-order valence-electron chi connectivity index (χ4n) is 0. The molecule has 2 nitrogen and oxygen atoms in total. The van der Waals surface area contributed by atoms with Crippen LogP contribution >= 0.6 is 0 Å². The molecule has 0 atom stereocenters. The zero-order valence-electron chi connectivity index (χ0n) is 1.39. The topological polar surface area (TPSA) is 40.5 Å². The average Bonchev–Trinajstić information content (AvgIpc) is 0.918. The fourth-order valence-corrected chi connectivity index (χ4v) is 0. The van der Waals surface area contributed by atoms with Gasteiger partial charge in [0.05, 0.1) is 0 Å². The Balaban J connectivity index is 0. The van der Waals surface area contributed by atoms with E-state index in [1.807, 2.05) is 0 Å². The van der Waals surface area contributed by atoms with Crippen molar-refractivity contribution in [3.8, 4) is 0 Å². The monoisotopic (exact) mass is 272 g/mol. The average molecular weight is 271 g/mol. The van der Waals surface area contributed by atoms with Crippen LogP contribution in [0.5, 0.6) is 0 Å². The number of hydrogen-bond donors (Lipinski definition) is 2. The summed E-state index contributed by atoms with van der Waals surface area (Å²) in [6.45, 7) is 0. The Bertz CT molecular complexity index is 6.00. The molecule has 0 saturated heterocycles. The van der Waals surface area contributed by atoms with E-state index in [-0.39, 0.29) is 25.8 Å². The van der Waals surface area contributed by atoms with Gasteiger partial charge in [-0.15, -0.1) is 0 Å². The summed E-state index contributed by atoms with van der Waals surface area (Å²) >= 11 is -1.77. The fraction of sp³-hybridized carbons (Fsp3) is 0. The predicted molar refractivity (Wildman–Crippen MR) is 20.1 cm³/mol. The van der Waals surface area contributed by atoms with Crippen LogP contribution in [0.3, 0.4) is 0 Å². The number of rotatable bonds is 0. The van der Waals surface area contributed by atoms with Crippen molar-refractivity contribution in [2.75, 3.05) is 0 Å². The van der Waals surface area contributed by atoms with Crippen LogP contribution in [0.15, 0.2) is 0 Å². The maximum atomic E-state index is 7.30. The van der Waals surface area contributed by atoms with Gasteiger partial charge in [-0.3, -0.25) is 0 Å². The second kappa shape index (κ2) is 8.82. The zero-order valence-corrected chi connectivity index (χ0v) is 4.25. The van der Waals surface area contributed by atoms with Crippen molar-refractivity contribution in [2.24, 2.45) is 0 Å². The van der Waals surface area contributed by atoms with E-state index in [0.717, 1.165) is 0 Å². The van der Waals surface area contributed by atoms with Crippen LogP contribution in [-0.2, 0) is 0 Å². The standard InChI is InChI=1S/In.2H2O.Sn.3H/h;2*1H2;;;;/q;;;+2;;;/p-2. The van der Waals surface area contributed by atoms with E-state index in [1.54, 1.807) is 0 Å². The molecule has 4 heavy (non-hydrogen) atoms. The summed E-state index contributed by atoms with van der Waals surface area (Å²) in [6, 6.07) is 0. The predicted octanol–water partition coefficient (Wildman–Crippen LogP) is -2.68. The van der Waals surface area contributed by atoms with Crippen molar-refractivity contribution in [1.29, 1.82) is 0 Å². The van der Waals surface area contributed by atoms with E-state index in [0.29, 0.717) is 0 Å². The van der Waals surface area contributed by atoms with Gasteiger partial charge in [0.1, 0.15) is 0 Å². The van der Waals surface area contributed by atoms with Gasteiger partial charge in [0.15, 0.2) is 0 Å². The molecule has 0 heterocycles. The summed E-state index contributed by atoms with van der Waals surface area (Å²) in [5.41, 5.74) is 0. The summed E-state index contributed by atoms with van der Waals surface area (Å²) in [4.78, 5) is 0. The van der Waals surface area contributed by atoms with Gasteiger partial charge in [-0.25, -0.2) is 0 Å². The van der Waals surface area contributed by atoms with Crippen LogP contribution < -0.4 is 0 Å².